The molecule has 0 radical (unpaired) electrons. The zero-order valence-electron chi connectivity index (χ0n) is 21.7. The van der Waals surface area contributed by atoms with Crippen molar-refractivity contribution < 1.29 is 14.3 Å². The van der Waals surface area contributed by atoms with Crippen molar-refractivity contribution >= 4 is 34.6 Å². The van der Waals surface area contributed by atoms with Crippen LogP contribution in [0.15, 0.2) is 65.0 Å². The maximum absolute atomic E-state index is 12.9. The molecule has 1 aromatic heterocycles. The number of carbonyl (C=O) groups excluding carboxylic acids is 2. The monoisotopic (exact) mass is 518 g/mol. The van der Waals surface area contributed by atoms with Crippen molar-refractivity contribution in [2.45, 2.75) is 33.2 Å². The van der Waals surface area contributed by atoms with Crippen LogP contribution in [0.25, 0.3) is 5.57 Å². The van der Waals surface area contributed by atoms with E-state index in [0.717, 1.165) is 54.9 Å². The highest BCUT2D eigenvalue weighted by Crippen LogP contribution is 2.34. The second-order valence-electron chi connectivity index (χ2n) is 8.99. The van der Waals surface area contributed by atoms with Gasteiger partial charge in [-0.25, -0.2) is 9.78 Å². The molecular formula is C29H34N4O3S. The van der Waals surface area contributed by atoms with Crippen LogP contribution in [0.4, 0.5) is 10.5 Å². The van der Waals surface area contributed by atoms with Crippen molar-refractivity contribution in [2.75, 3.05) is 38.6 Å². The minimum Gasteiger partial charge on any atom is -0.453 e. The summed E-state index contributed by atoms with van der Waals surface area (Å²) in [4.78, 5) is 33.4. The minimum absolute atomic E-state index is 0.0466. The van der Waals surface area contributed by atoms with Crippen LogP contribution in [0.5, 0.6) is 0 Å². The first-order valence-corrected chi connectivity index (χ1v) is 13.6. The summed E-state index contributed by atoms with van der Waals surface area (Å²) in [7, 11) is 1.35. The number of carbonyl (C=O) groups is 2. The van der Waals surface area contributed by atoms with Crippen LogP contribution >= 0.6 is 11.3 Å². The van der Waals surface area contributed by atoms with Crippen molar-refractivity contribution in [2.24, 2.45) is 0 Å². The van der Waals surface area contributed by atoms with Crippen LogP contribution in [0.3, 0.4) is 0 Å². The molecule has 2 aromatic carbocycles. The number of nitrogens with one attached hydrogen (secondary N) is 1. The molecule has 3 aromatic rings. The second-order valence-corrected chi connectivity index (χ2v) is 9.71. The van der Waals surface area contributed by atoms with Gasteiger partial charge in [0, 0.05) is 49.4 Å². The van der Waals surface area contributed by atoms with Crippen LogP contribution in [-0.4, -0.2) is 60.1 Å². The van der Waals surface area contributed by atoms with Gasteiger partial charge in [-0.3, -0.25) is 15.0 Å². The van der Waals surface area contributed by atoms with Crippen LogP contribution in [0.1, 0.15) is 53.9 Å². The molecule has 37 heavy (non-hydrogen) atoms. The highest BCUT2D eigenvalue weighted by atomic mass is 32.1. The smallest absolute Gasteiger partial charge is 0.411 e. The highest BCUT2D eigenvalue weighted by molar-refractivity contribution is 7.07. The number of hydrogen-bond donors (Lipinski definition) is 1. The van der Waals surface area contributed by atoms with Gasteiger partial charge in [-0.2, -0.15) is 0 Å². The molecule has 1 aliphatic rings. The number of anilines is 1. The molecule has 0 unspecified atom stereocenters. The van der Waals surface area contributed by atoms with E-state index in [4.69, 9.17) is 4.74 Å². The summed E-state index contributed by atoms with van der Waals surface area (Å²) < 4.78 is 4.78. The molecule has 2 amide bonds. The molecule has 0 spiro atoms. The lowest BCUT2D eigenvalue weighted by atomic mass is 9.87. The van der Waals surface area contributed by atoms with Gasteiger partial charge in [-0.1, -0.05) is 29.8 Å². The van der Waals surface area contributed by atoms with Gasteiger partial charge in [0.05, 0.1) is 18.3 Å². The topological polar surface area (TPSA) is 74.8 Å². The molecule has 8 heteroatoms. The Labute approximate surface area is 222 Å². The Morgan fingerprint density at radius 3 is 2.35 bits per heavy atom. The number of ether oxygens (including phenoxy) is 1. The van der Waals surface area contributed by atoms with Crippen molar-refractivity contribution in [3.63, 3.8) is 0 Å². The third kappa shape index (κ3) is 6.64. The van der Waals surface area contributed by atoms with Crippen LogP contribution in [0.2, 0.25) is 0 Å². The quantitative estimate of drug-likeness (QED) is 0.402. The van der Waals surface area contributed by atoms with Gasteiger partial charge in [0.25, 0.3) is 5.91 Å². The first kappa shape index (κ1) is 26.6. The molecule has 7 nitrogen and oxygen atoms in total. The molecule has 1 aliphatic heterocycles. The fraction of sp³-hybridized carbons (Fsp3) is 0.345. The molecule has 0 saturated carbocycles. The average Bonchev–Trinajstić information content (AvgIpc) is 3.44. The molecule has 0 aliphatic carbocycles. The second kappa shape index (κ2) is 12.7. The Hall–Kier alpha value is -3.49. The van der Waals surface area contributed by atoms with Gasteiger partial charge >= 0.3 is 6.09 Å². The molecular weight excluding hydrogens is 484 g/mol. The number of nitrogens with zero attached hydrogens (tertiary/aromatic N) is 3. The lowest BCUT2D eigenvalue weighted by Crippen LogP contribution is -2.30. The number of likely N-dealkylation sites (tertiary alicyclic amines) is 1. The van der Waals surface area contributed by atoms with E-state index in [1.807, 2.05) is 66.7 Å². The van der Waals surface area contributed by atoms with E-state index in [0.29, 0.717) is 24.3 Å². The lowest BCUT2D eigenvalue weighted by molar-refractivity contribution is 0.0773. The Bertz CT molecular complexity index is 1220. The zero-order valence-corrected chi connectivity index (χ0v) is 22.5. The number of piperidine rings is 1. The van der Waals surface area contributed by atoms with E-state index in [9.17, 15) is 9.59 Å². The number of benzene rings is 2. The van der Waals surface area contributed by atoms with Gasteiger partial charge in [0.1, 0.15) is 0 Å². The van der Waals surface area contributed by atoms with E-state index in [1.165, 1.54) is 12.7 Å². The van der Waals surface area contributed by atoms with Gasteiger partial charge < -0.3 is 9.64 Å². The Morgan fingerprint density at radius 1 is 1.03 bits per heavy atom. The van der Waals surface area contributed by atoms with Crippen molar-refractivity contribution in [3.8, 4) is 0 Å². The summed E-state index contributed by atoms with van der Waals surface area (Å²) in [5, 5.41) is 4.88. The number of rotatable bonds is 8. The van der Waals surface area contributed by atoms with E-state index >= 15 is 0 Å². The summed E-state index contributed by atoms with van der Waals surface area (Å²) in [6.07, 6.45) is 1.38. The highest BCUT2D eigenvalue weighted by Gasteiger charge is 2.21. The molecule has 194 valence electrons. The summed E-state index contributed by atoms with van der Waals surface area (Å²) >= 11 is 1.63. The van der Waals surface area contributed by atoms with Gasteiger partial charge in [-0.05, 0) is 67.7 Å². The summed E-state index contributed by atoms with van der Waals surface area (Å²) in [6, 6.07) is 15.8. The Kier molecular flexibility index (Phi) is 9.09. The summed E-state index contributed by atoms with van der Waals surface area (Å²) in [6.45, 7) is 8.13. The zero-order chi connectivity index (χ0) is 26.2. The van der Waals surface area contributed by atoms with Crippen LogP contribution in [-0.2, 0) is 11.3 Å². The van der Waals surface area contributed by atoms with Crippen LogP contribution in [0, 0.1) is 0 Å². The maximum Gasteiger partial charge on any atom is 0.411 e. The van der Waals surface area contributed by atoms with E-state index in [1.54, 1.807) is 11.3 Å². The summed E-state index contributed by atoms with van der Waals surface area (Å²) in [5.74, 6) is 0.0466. The molecule has 1 N–H and O–H groups in total. The normalized spacial score (nSPS) is 13.8. The Balaban J connectivity index is 1.65. The number of amides is 2. The minimum atomic E-state index is -0.499. The van der Waals surface area contributed by atoms with Crippen molar-refractivity contribution in [1.29, 1.82) is 0 Å². The summed E-state index contributed by atoms with van der Waals surface area (Å²) in [5.41, 5.74) is 8.98. The number of aromatic nitrogens is 1. The number of methoxy groups -OCH3 is 1. The van der Waals surface area contributed by atoms with Crippen molar-refractivity contribution in [3.05, 3.63) is 87.4 Å². The number of hydrogen-bond acceptors (Lipinski definition) is 6. The SMILES string of the molecule is CCN(CC)C(=O)c1ccc(C(=C2CCN(Cc3cscn3)CC2)c2cccc(NC(=O)OC)c2)cc1. The fourth-order valence-corrected chi connectivity index (χ4v) is 5.29. The molecule has 1 fully saturated rings. The molecule has 0 atom stereocenters. The van der Waals surface area contributed by atoms with Crippen molar-refractivity contribution in [1.82, 2.24) is 14.8 Å². The van der Waals surface area contributed by atoms with Gasteiger partial charge in [-0.15, -0.1) is 11.3 Å². The molecule has 4 rings (SSSR count). The third-order valence-electron chi connectivity index (χ3n) is 6.74. The van der Waals surface area contributed by atoms with E-state index in [-0.39, 0.29) is 5.91 Å². The predicted octanol–water partition coefficient (Wildman–Crippen LogP) is 5.90. The van der Waals surface area contributed by atoms with Gasteiger partial charge in [0.2, 0.25) is 0 Å². The van der Waals surface area contributed by atoms with E-state index in [2.05, 4.69) is 26.6 Å². The Morgan fingerprint density at radius 2 is 1.73 bits per heavy atom. The predicted molar refractivity (Wildman–Crippen MR) is 149 cm³/mol. The fourth-order valence-electron chi connectivity index (χ4n) is 4.74. The van der Waals surface area contributed by atoms with Crippen LogP contribution < -0.4 is 5.32 Å². The lowest BCUT2D eigenvalue weighted by Gasteiger charge is -2.30. The first-order valence-electron chi connectivity index (χ1n) is 12.7. The molecule has 1 saturated heterocycles. The average molecular weight is 519 g/mol. The largest absolute Gasteiger partial charge is 0.453 e. The maximum atomic E-state index is 12.9. The van der Waals surface area contributed by atoms with Gasteiger partial charge in [0.15, 0.2) is 0 Å². The first-order chi connectivity index (χ1) is 18.0. The van der Waals surface area contributed by atoms with E-state index < -0.39 is 6.09 Å². The molecule has 0 bridgehead atoms. The number of thiazole rings is 1. The standard InChI is InChI=1S/C29H34N4O3S/c1-4-33(5-2)28(34)23-11-9-21(10-12-23)27(24-7-6-8-25(17-24)31-29(35)36-3)22-13-15-32(16-14-22)18-26-19-37-20-30-26/h6-12,17,19-20H,4-5,13-16,18H2,1-3H3,(H,31,35). The third-order valence-corrected chi connectivity index (χ3v) is 7.37. The molecule has 2 heterocycles.